The number of hydrogen-bond donors (Lipinski definition) is 0. The second kappa shape index (κ2) is 7.76. The van der Waals surface area contributed by atoms with Crippen LogP contribution in [0.15, 0.2) is 72.9 Å². The van der Waals surface area contributed by atoms with E-state index < -0.39 is 10.8 Å². The minimum Gasteiger partial charge on any atom is -0.288 e. The fourth-order valence-corrected chi connectivity index (χ4v) is 2.67. The largest absolute Gasteiger partial charge is 0.288 e. The van der Waals surface area contributed by atoms with E-state index in [0.717, 1.165) is 5.56 Å². The summed E-state index contributed by atoms with van der Waals surface area (Å²) in [5, 5.41) is 11.2. The van der Waals surface area contributed by atoms with E-state index in [-0.39, 0.29) is 22.8 Å². The first-order chi connectivity index (χ1) is 12.6. The zero-order valence-electron chi connectivity index (χ0n) is 13.6. The zero-order valence-corrected chi connectivity index (χ0v) is 14.3. The molecule has 0 saturated heterocycles. The van der Waals surface area contributed by atoms with E-state index in [4.69, 9.17) is 11.6 Å². The molecule has 130 valence electrons. The zero-order chi connectivity index (χ0) is 18.5. The van der Waals surface area contributed by atoms with Crippen LogP contribution in [0.4, 0.5) is 11.5 Å². The molecule has 0 saturated carbocycles. The van der Waals surface area contributed by atoms with Crippen molar-refractivity contribution in [1.82, 2.24) is 4.98 Å². The molecule has 0 bridgehead atoms. The molecule has 2 aromatic carbocycles. The number of nitrogens with zero attached hydrogens (tertiary/aromatic N) is 3. The van der Waals surface area contributed by atoms with Crippen molar-refractivity contribution in [2.45, 2.75) is 6.54 Å². The summed E-state index contributed by atoms with van der Waals surface area (Å²) in [5.41, 5.74) is 0.758. The first kappa shape index (κ1) is 17.6. The van der Waals surface area contributed by atoms with Crippen LogP contribution in [0.1, 0.15) is 15.9 Å². The molecule has 0 unspecified atom stereocenters. The predicted molar refractivity (Wildman–Crippen MR) is 99.3 cm³/mol. The fraction of sp³-hybridized carbons (Fsp3) is 0.0526. The van der Waals surface area contributed by atoms with Gasteiger partial charge in [-0.25, -0.2) is 4.98 Å². The van der Waals surface area contributed by atoms with Crippen molar-refractivity contribution >= 4 is 29.0 Å². The summed E-state index contributed by atoms with van der Waals surface area (Å²) in [6.45, 7) is 0.260. The van der Waals surface area contributed by atoms with Crippen LogP contribution < -0.4 is 4.90 Å². The summed E-state index contributed by atoms with van der Waals surface area (Å²) in [6.07, 6.45) is 1.58. The van der Waals surface area contributed by atoms with Crippen LogP contribution >= 0.6 is 11.6 Å². The van der Waals surface area contributed by atoms with Crippen LogP contribution in [0.2, 0.25) is 5.02 Å². The average Bonchev–Trinajstić information content (AvgIpc) is 2.67. The number of pyridine rings is 1. The van der Waals surface area contributed by atoms with Crippen molar-refractivity contribution in [3.05, 3.63) is 99.2 Å². The lowest BCUT2D eigenvalue weighted by Crippen LogP contribution is -2.31. The number of halogens is 1. The van der Waals surface area contributed by atoms with E-state index in [2.05, 4.69) is 4.98 Å². The highest BCUT2D eigenvalue weighted by atomic mass is 35.5. The van der Waals surface area contributed by atoms with Gasteiger partial charge in [-0.1, -0.05) is 48.0 Å². The first-order valence-corrected chi connectivity index (χ1v) is 8.15. The van der Waals surface area contributed by atoms with Crippen molar-refractivity contribution in [3.8, 4) is 0 Å². The van der Waals surface area contributed by atoms with Crippen molar-refractivity contribution < 1.29 is 9.72 Å². The average molecular weight is 368 g/mol. The predicted octanol–water partition coefficient (Wildman–Crippen LogP) is 4.49. The molecular formula is C19H14ClN3O3. The van der Waals surface area contributed by atoms with Gasteiger partial charge in [-0.2, -0.15) is 0 Å². The quantitative estimate of drug-likeness (QED) is 0.491. The van der Waals surface area contributed by atoms with Gasteiger partial charge in [-0.15, -0.1) is 0 Å². The molecule has 0 spiro atoms. The Balaban J connectivity index is 2.03. The van der Waals surface area contributed by atoms with Gasteiger partial charge in [0.25, 0.3) is 11.6 Å². The van der Waals surface area contributed by atoms with Crippen LogP contribution in [-0.4, -0.2) is 15.8 Å². The van der Waals surface area contributed by atoms with Crippen molar-refractivity contribution in [1.29, 1.82) is 0 Å². The Morgan fingerprint density at radius 3 is 2.46 bits per heavy atom. The van der Waals surface area contributed by atoms with E-state index in [9.17, 15) is 14.9 Å². The number of rotatable bonds is 5. The minimum atomic E-state index is -0.560. The molecule has 0 fully saturated rings. The monoisotopic (exact) mass is 367 g/mol. The molecule has 6 nitrogen and oxygen atoms in total. The lowest BCUT2D eigenvalue weighted by molar-refractivity contribution is -0.384. The summed E-state index contributed by atoms with van der Waals surface area (Å²) in [4.78, 5) is 29.3. The molecule has 26 heavy (non-hydrogen) atoms. The molecule has 3 aromatic rings. The van der Waals surface area contributed by atoms with Gasteiger partial charge in [0.1, 0.15) is 5.82 Å². The number of nitro groups is 1. The molecule has 1 aromatic heterocycles. The molecule has 7 heteroatoms. The molecule has 0 N–H and O–H groups in total. The lowest BCUT2D eigenvalue weighted by Gasteiger charge is -2.22. The first-order valence-electron chi connectivity index (χ1n) is 7.77. The summed E-state index contributed by atoms with van der Waals surface area (Å²) in [5.74, 6) is -0.0230. The number of anilines is 1. The normalized spacial score (nSPS) is 10.3. The number of carbonyl (C=O) groups is 1. The number of nitro benzene ring substituents is 1. The van der Waals surface area contributed by atoms with Crippen molar-refractivity contribution in [2.75, 3.05) is 4.90 Å². The maximum Gasteiger partial charge on any atom is 0.270 e. The van der Waals surface area contributed by atoms with E-state index >= 15 is 0 Å². The highest BCUT2D eigenvalue weighted by molar-refractivity contribution is 6.34. The fourth-order valence-electron chi connectivity index (χ4n) is 2.47. The van der Waals surface area contributed by atoms with E-state index in [0.29, 0.717) is 5.82 Å². The minimum absolute atomic E-state index is 0.0578. The van der Waals surface area contributed by atoms with Crippen LogP contribution in [0.25, 0.3) is 0 Å². The number of hydrogen-bond acceptors (Lipinski definition) is 4. The second-order valence-corrected chi connectivity index (χ2v) is 5.89. The third-order valence-corrected chi connectivity index (χ3v) is 4.08. The molecule has 3 rings (SSSR count). The Labute approximate surface area is 154 Å². The van der Waals surface area contributed by atoms with Gasteiger partial charge in [0.15, 0.2) is 0 Å². The highest BCUT2D eigenvalue weighted by Gasteiger charge is 2.23. The topological polar surface area (TPSA) is 76.3 Å². The highest BCUT2D eigenvalue weighted by Crippen LogP contribution is 2.26. The molecular weight excluding hydrogens is 354 g/mol. The second-order valence-electron chi connectivity index (χ2n) is 5.49. The van der Waals surface area contributed by atoms with Crippen LogP contribution in [0.5, 0.6) is 0 Å². The van der Waals surface area contributed by atoms with Crippen LogP contribution in [0, 0.1) is 10.1 Å². The summed E-state index contributed by atoms with van der Waals surface area (Å²) in [6, 6.07) is 18.4. The Bertz CT molecular complexity index is 933. The smallest absolute Gasteiger partial charge is 0.270 e. The molecule has 0 radical (unpaired) electrons. The molecule has 0 aliphatic rings. The van der Waals surface area contributed by atoms with E-state index in [1.165, 1.54) is 23.1 Å². The number of aromatic nitrogens is 1. The number of non-ortho nitro benzene ring substituents is 1. The van der Waals surface area contributed by atoms with Gasteiger partial charge >= 0.3 is 0 Å². The number of carbonyl (C=O) groups excluding carboxylic acids is 1. The van der Waals surface area contributed by atoms with Crippen molar-refractivity contribution in [2.24, 2.45) is 0 Å². The lowest BCUT2D eigenvalue weighted by atomic mass is 10.1. The number of benzene rings is 2. The van der Waals surface area contributed by atoms with E-state index in [1.54, 1.807) is 24.4 Å². The van der Waals surface area contributed by atoms with Crippen LogP contribution in [0.3, 0.4) is 0 Å². The summed E-state index contributed by atoms with van der Waals surface area (Å²) < 4.78 is 0. The van der Waals surface area contributed by atoms with Gasteiger partial charge < -0.3 is 0 Å². The molecule has 0 aliphatic heterocycles. The third-order valence-electron chi connectivity index (χ3n) is 3.75. The van der Waals surface area contributed by atoms with Gasteiger partial charge in [-0.3, -0.25) is 19.8 Å². The van der Waals surface area contributed by atoms with Crippen LogP contribution in [-0.2, 0) is 6.54 Å². The SMILES string of the molecule is O=C(c1cc([N+](=O)[O-])ccc1Cl)N(Cc1ccccc1)c1ccccn1. The Kier molecular flexibility index (Phi) is 5.24. The third kappa shape index (κ3) is 3.87. The summed E-state index contributed by atoms with van der Waals surface area (Å²) >= 11 is 6.14. The standard InChI is InChI=1S/C19H14ClN3O3/c20-17-10-9-15(23(25)26)12-16(17)19(24)22(18-8-4-5-11-21-18)13-14-6-2-1-3-7-14/h1-12H,13H2. The molecule has 1 amide bonds. The maximum atomic E-state index is 13.1. The Morgan fingerprint density at radius 1 is 1.08 bits per heavy atom. The number of amides is 1. The van der Waals surface area contributed by atoms with Gasteiger partial charge in [-0.05, 0) is 23.8 Å². The molecule has 0 aliphatic carbocycles. The molecule has 0 atom stereocenters. The molecule has 1 heterocycles. The van der Waals surface area contributed by atoms with Gasteiger partial charge in [0, 0.05) is 18.3 Å². The maximum absolute atomic E-state index is 13.1. The van der Waals surface area contributed by atoms with Crippen molar-refractivity contribution in [3.63, 3.8) is 0 Å². The van der Waals surface area contributed by atoms with Gasteiger partial charge in [0.05, 0.1) is 22.1 Å². The Hall–Kier alpha value is -3.25. The van der Waals surface area contributed by atoms with Gasteiger partial charge in [0.2, 0.25) is 0 Å². The summed E-state index contributed by atoms with van der Waals surface area (Å²) in [7, 11) is 0. The van der Waals surface area contributed by atoms with E-state index in [1.807, 2.05) is 30.3 Å². The Morgan fingerprint density at radius 2 is 1.81 bits per heavy atom.